The fourth-order valence-electron chi connectivity index (χ4n) is 1.78. The van der Waals surface area contributed by atoms with Gasteiger partial charge in [0.15, 0.2) is 0 Å². The number of aromatic nitrogens is 1. The van der Waals surface area contributed by atoms with E-state index in [-0.39, 0.29) is 11.5 Å². The molecule has 2 N–H and O–H groups in total. The molecule has 0 aliphatic heterocycles. The van der Waals surface area contributed by atoms with Crippen molar-refractivity contribution in [3.63, 3.8) is 0 Å². The van der Waals surface area contributed by atoms with Crippen LogP contribution < -0.4 is 10.9 Å². The molecule has 0 fully saturated rings. The summed E-state index contributed by atoms with van der Waals surface area (Å²) < 4.78 is 0. The molecule has 1 amide bonds. The molecule has 0 aliphatic carbocycles. The van der Waals surface area contributed by atoms with Crippen molar-refractivity contribution in [2.75, 3.05) is 6.54 Å². The molecule has 0 spiro atoms. The second-order valence-corrected chi connectivity index (χ2v) is 4.70. The van der Waals surface area contributed by atoms with E-state index in [0.29, 0.717) is 23.5 Å². The number of nitrogens with one attached hydrogen (secondary N) is 2. The Bertz CT molecular complexity index is 629. The van der Waals surface area contributed by atoms with Crippen LogP contribution in [-0.2, 0) is 0 Å². The molecule has 1 aromatic carbocycles. The fraction of sp³-hybridized carbons (Fsp3) is 0.286. The number of para-hydroxylation sites is 1. The van der Waals surface area contributed by atoms with Crippen molar-refractivity contribution in [2.45, 2.75) is 13.8 Å². The largest absolute Gasteiger partial charge is 0.352 e. The Labute approximate surface area is 105 Å². The number of fused-ring (bicyclic) bond motifs is 1. The third-order valence-electron chi connectivity index (χ3n) is 2.67. The van der Waals surface area contributed by atoms with Crippen molar-refractivity contribution >= 4 is 16.8 Å². The molecule has 0 saturated carbocycles. The lowest BCUT2D eigenvalue weighted by Gasteiger charge is -2.09. The molecular formula is C14H16N2O2. The van der Waals surface area contributed by atoms with Crippen LogP contribution in [0.3, 0.4) is 0 Å². The van der Waals surface area contributed by atoms with Crippen molar-refractivity contribution in [1.29, 1.82) is 0 Å². The van der Waals surface area contributed by atoms with Crippen LogP contribution in [0.25, 0.3) is 10.9 Å². The molecule has 4 heteroatoms. The SMILES string of the molecule is CC(C)CNC(=O)c1cc(=O)[nH]c2ccccc12. The lowest BCUT2D eigenvalue weighted by molar-refractivity contribution is 0.0950. The molecular weight excluding hydrogens is 228 g/mol. The summed E-state index contributed by atoms with van der Waals surface area (Å²) in [5.41, 5.74) is 0.845. The van der Waals surface area contributed by atoms with Crippen LogP contribution in [0.5, 0.6) is 0 Å². The molecule has 4 nitrogen and oxygen atoms in total. The first-order chi connectivity index (χ1) is 8.58. The highest BCUT2D eigenvalue weighted by molar-refractivity contribution is 6.05. The molecule has 0 unspecified atom stereocenters. The molecule has 1 aromatic heterocycles. The van der Waals surface area contributed by atoms with Crippen LogP contribution >= 0.6 is 0 Å². The van der Waals surface area contributed by atoms with E-state index in [1.54, 1.807) is 6.07 Å². The second kappa shape index (κ2) is 5.04. The van der Waals surface area contributed by atoms with E-state index in [9.17, 15) is 9.59 Å². The maximum atomic E-state index is 12.1. The van der Waals surface area contributed by atoms with Gasteiger partial charge in [-0.15, -0.1) is 0 Å². The van der Waals surface area contributed by atoms with Gasteiger partial charge in [-0.1, -0.05) is 32.0 Å². The number of hydrogen-bond acceptors (Lipinski definition) is 2. The molecule has 94 valence electrons. The molecule has 2 rings (SSSR count). The maximum Gasteiger partial charge on any atom is 0.252 e. The monoisotopic (exact) mass is 244 g/mol. The Morgan fingerprint density at radius 2 is 2.06 bits per heavy atom. The van der Waals surface area contributed by atoms with Crippen molar-refractivity contribution in [3.05, 3.63) is 46.2 Å². The minimum atomic E-state index is -0.261. The number of rotatable bonds is 3. The Kier molecular flexibility index (Phi) is 3.46. The normalized spacial score (nSPS) is 10.8. The number of hydrogen-bond donors (Lipinski definition) is 2. The van der Waals surface area contributed by atoms with Crippen molar-refractivity contribution in [2.24, 2.45) is 5.92 Å². The first-order valence-corrected chi connectivity index (χ1v) is 5.98. The number of carbonyl (C=O) groups is 1. The highest BCUT2D eigenvalue weighted by Crippen LogP contribution is 2.14. The summed E-state index contributed by atoms with van der Waals surface area (Å²) in [5.74, 6) is 0.174. The van der Waals surface area contributed by atoms with Crippen LogP contribution in [0.2, 0.25) is 0 Å². The topological polar surface area (TPSA) is 62.0 Å². The summed E-state index contributed by atoms with van der Waals surface area (Å²) >= 11 is 0. The standard InChI is InChI=1S/C14H16N2O2/c1-9(2)8-15-14(18)11-7-13(17)16-12-6-4-3-5-10(11)12/h3-7,9H,8H2,1-2H3,(H,15,18)(H,16,17). The zero-order chi connectivity index (χ0) is 13.1. The third kappa shape index (κ3) is 2.59. The summed E-state index contributed by atoms with van der Waals surface area (Å²) in [6, 6.07) is 8.64. The van der Waals surface area contributed by atoms with Gasteiger partial charge in [0, 0.05) is 23.5 Å². The van der Waals surface area contributed by atoms with Crippen molar-refractivity contribution < 1.29 is 4.79 Å². The second-order valence-electron chi connectivity index (χ2n) is 4.70. The summed E-state index contributed by atoms with van der Waals surface area (Å²) in [5, 5.41) is 3.59. The van der Waals surface area contributed by atoms with Crippen LogP contribution in [-0.4, -0.2) is 17.4 Å². The van der Waals surface area contributed by atoms with Gasteiger partial charge in [-0.05, 0) is 12.0 Å². The fourth-order valence-corrected chi connectivity index (χ4v) is 1.78. The Morgan fingerprint density at radius 1 is 1.33 bits per heavy atom. The molecule has 2 aromatic rings. The van der Waals surface area contributed by atoms with Gasteiger partial charge in [0.2, 0.25) is 5.56 Å². The zero-order valence-electron chi connectivity index (χ0n) is 10.5. The molecule has 0 atom stereocenters. The number of carbonyl (C=O) groups excluding carboxylic acids is 1. The minimum absolute atomic E-state index is 0.203. The van der Waals surface area contributed by atoms with Crippen LogP contribution in [0.1, 0.15) is 24.2 Å². The van der Waals surface area contributed by atoms with Gasteiger partial charge in [-0.25, -0.2) is 0 Å². The molecule has 0 bridgehead atoms. The zero-order valence-corrected chi connectivity index (χ0v) is 10.5. The van der Waals surface area contributed by atoms with Crippen molar-refractivity contribution in [1.82, 2.24) is 10.3 Å². The molecule has 0 radical (unpaired) electrons. The van der Waals surface area contributed by atoms with Gasteiger partial charge in [0.1, 0.15) is 0 Å². The Balaban J connectivity index is 2.43. The summed E-state index contributed by atoms with van der Waals surface area (Å²) in [7, 11) is 0. The van der Waals surface area contributed by atoms with E-state index in [0.717, 1.165) is 5.39 Å². The van der Waals surface area contributed by atoms with Gasteiger partial charge in [-0.3, -0.25) is 9.59 Å². The van der Waals surface area contributed by atoms with Crippen LogP contribution in [0, 0.1) is 5.92 Å². The van der Waals surface area contributed by atoms with E-state index in [4.69, 9.17) is 0 Å². The number of H-pyrrole nitrogens is 1. The van der Waals surface area contributed by atoms with E-state index in [2.05, 4.69) is 10.3 Å². The average Bonchev–Trinajstić information content (AvgIpc) is 2.34. The number of benzene rings is 1. The molecule has 0 aliphatic rings. The van der Waals surface area contributed by atoms with E-state index in [1.165, 1.54) is 6.07 Å². The number of amides is 1. The lowest BCUT2D eigenvalue weighted by Crippen LogP contribution is -2.28. The minimum Gasteiger partial charge on any atom is -0.352 e. The van der Waals surface area contributed by atoms with Crippen LogP contribution in [0.15, 0.2) is 35.1 Å². The average molecular weight is 244 g/mol. The Morgan fingerprint density at radius 3 is 2.78 bits per heavy atom. The highest BCUT2D eigenvalue weighted by atomic mass is 16.2. The van der Waals surface area contributed by atoms with Gasteiger partial charge >= 0.3 is 0 Å². The van der Waals surface area contributed by atoms with E-state index >= 15 is 0 Å². The number of pyridine rings is 1. The number of aromatic amines is 1. The first kappa shape index (κ1) is 12.4. The van der Waals surface area contributed by atoms with E-state index in [1.807, 2.05) is 32.0 Å². The smallest absolute Gasteiger partial charge is 0.252 e. The summed E-state index contributed by atoms with van der Waals surface area (Å²) in [6.07, 6.45) is 0. The predicted molar refractivity (Wildman–Crippen MR) is 71.7 cm³/mol. The van der Waals surface area contributed by atoms with Gasteiger partial charge in [-0.2, -0.15) is 0 Å². The van der Waals surface area contributed by atoms with Gasteiger partial charge in [0.05, 0.1) is 5.56 Å². The van der Waals surface area contributed by atoms with E-state index < -0.39 is 0 Å². The highest BCUT2D eigenvalue weighted by Gasteiger charge is 2.11. The quantitative estimate of drug-likeness (QED) is 0.866. The molecule has 18 heavy (non-hydrogen) atoms. The summed E-state index contributed by atoms with van der Waals surface area (Å²) in [4.78, 5) is 26.3. The molecule has 1 heterocycles. The maximum absolute atomic E-state index is 12.1. The Hall–Kier alpha value is -2.10. The van der Waals surface area contributed by atoms with Gasteiger partial charge < -0.3 is 10.3 Å². The van der Waals surface area contributed by atoms with Crippen LogP contribution in [0.4, 0.5) is 0 Å². The predicted octanol–water partition coefficient (Wildman–Crippen LogP) is 1.91. The third-order valence-corrected chi connectivity index (χ3v) is 2.67. The van der Waals surface area contributed by atoms with Gasteiger partial charge in [0.25, 0.3) is 5.91 Å². The first-order valence-electron chi connectivity index (χ1n) is 5.98. The molecule has 0 saturated heterocycles. The lowest BCUT2D eigenvalue weighted by atomic mass is 10.1. The van der Waals surface area contributed by atoms with Crippen molar-refractivity contribution in [3.8, 4) is 0 Å². The summed E-state index contributed by atoms with van der Waals surface area (Å²) in [6.45, 7) is 4.65.